The minimum Gasteiger partial charge on any atom is -0.495 e. The van der Waals surface area contributed by atoms with Crippen LogP contribution in [0.5, 0.6) is 5.75 Å². The third-order valence-corrected chi connectivity index (χ3v) is 4.18. The van der Waals surface area contributed by atoms with Crippen molar-refractivity contribution in [2.75, 3.05) is 24.8 Å². The van der Waals surface area contributed by atoms with Gasteiger partial charge < -0.3 is 14.8 Å². The van der Waals surface area contributed by atoms with Crippen LogP contribution in [0.4, 0.5) is 5.69 Å². The number of benzene rings is 2. The average Bonchev–Trinajstić information content (AvgIpc) is 2.59. The molecule has 2 rings (SSSR count). The van der Waals surface area contributed by atoms with Crippen LogP contribution in [0.3, 0.4) is 0 Å². The molecule has 0 aliphatic carbocycles. The van der Waals surface area contributed by atoms with Gasteiger partial charge in [0, 0.05) is 10.6 Å². The molecule has 0 saturated heterocycles. The van der Waals surface area contributed by atoms with Crippen molar-refractivity contribution in [3.8, 4) is 5.75 Å². The Hall–Kier alpha value is -2.18. The molecule has 7 heteroatoms. The highest BCUT2D eigenvalue weighted by Gasteiger charge is 2.10. The van der Waals surface area contributed by atoms with E-state index in [2.05, 4.69) is 5.32 Å². The average molecular weight is 366 g/mol. The highest BCUT2D eigenvalue weighted by molar-refractivity contribution is 8.00. The van der Waals surface area contributed by atoms with Gasteiger partial charge in [0.15, 0.2) is 6.61 Å². The maximum atomic E-state index is 11.8. The highest BCUT2D eigenvalue weighted by atomic mass is 35.5. The van der Waals surface area contributed by atoms with Crippen molar-refractivity contribution in [2.45, 2.75) is 4.90 Å². The van der Waals surface area contributed by atoms with E-state index in [-0.39, 0.29) is 12.4 Å². The fraction of sp³-hybridized carbons (Fsp3) is 0.176. The number of methoxy groups -OCH3 is 1. The van der Waals surface area contributed by atoms with Crippen LogP contribution in [-0.2, 0) is 14.3 Å². The van der Waals surface area contributed by atoms with Crippen LogP contribution < -0.4 is 10.1 Å². The summed E-state index contributed by atoms with van der Waals surface area (Å²) in [5, 5.41) is 2.98. The Morgan fingerprint density at radius 3 is 2.58 bits per heavy atom. The number of anilines is 1. The molecule has 126 valence electrons. The van der Waals surface area contributed by atoms with E-state index in [1.54, 1.807) is 18.2 Å². The Morgan fingerprint density at radius 2 is 1.92 bits per heavy atom. The zero-order valence-electron chi connectivity index (χ0n) is 13.0. The van der Waals surface area contributed by atoms with Crippen LogP contribution in [0.1, 0.15) is 0 Å². The number of nitrogens with one attached hydrogen (secondary N) is 1. The Balaban J connectivity index is 1.74. The van der Waals surface area contributed by atoms with Crippen LogP contribution >= 0.6 is 23.4 Å². The molecule has 0 aromatic heterocycles. The first-order chi connectivity index (χ1) is 11.6. The summed E-state index contributed by atoms with van der Waals surface area (Å²) in [6, 6.07) is 14.3. The van der Waals surface area contributed by atoms with Crippen LogP contribution in [0, 0.1) is 0 Å². The molecule has 5 nitrogen and oxygen atoms in total. The number of hydrogen-bond donors (Lipinski definition) is 1. The fourth-order valence-corrected chi connectivity index (χ4v) is 2.76. The molecule has 0 bridgehead atoms. The summed E-state index contributed by atoms with van der Waals surface area (Å²) < 4.78 is 9.97. The number of carbonyl (C=O) groups is 2. The summed E-state index contributed by atoms with van der Waals surface area (Å²) in [5.41, 5.74) is 0.500. The summed E-state index contributed by atoms with van der Waals surface area (Å²) in [6.07, 6.45) is 0. The van der Waals surface area contributed by atoms with E-state index in [9.17, 15) is 9.59 Å². The number of thioether (sulfide) groups is 1. The molecule has 2 aromatic rings. The zero-order valence-corrected chi connectivity index (χ0v) is 14.5. The maximum absolute atomic E-state index is 11.8. The van der Waals surface area contributed by atoms with E-state index >= 15 is 0 Å². The van der Waals surface area contributed by atoms with E-state index in [1.807, 2.05) is 30.3 Å². The summed E-state index contributed by atoms with van der Waals surface area (Å²) in [6.45, 7) is -0.349. The fourth-order valence-electron chi connectivity index (χ4n) is 1.79. The molecule has 24 heavy (non-hydrogen) atoms. The van der Waals surface area contributed by atoms with E-state index in [1.165, 1.54) is 18.9 Å². The number of hydrogen-bond acceptors (Lipinski definition) is 5. The monoisotopic (exact) mass is 365 g/mol. The Labute approximate surface area is 149 Å². The van der Waals surface area contributed by atoms with Crippen molar-refractivity contribution in [1.29, 1.82) is 0 Å². The van der Waals surface area contributed by atoms with E-state index < -0.39 is 11.9 Å². The minimum absolute atomic E-state index is 0.145. The molecule has 0 aliphatic rings. The van der Waals surface area contributed by atoms with Gasteiger partial charge >= 0.3 is 5.97 Å². The maximum Gasteiger partial charge on any atom is 0.316 e. The van der Waals surface area contributed by atoms with Gasteiger partial charge in [-0.25, -0.2) is 0 Å². The number of ether oxygens (including phenoxy) is 2. The summed E-state index contributed by atoms with van der Waals surface area (Å²) >= 11 is 7.33. The van der Waals surface area contributed by atoms with Crippen molar-refractivity contribution in [3.05, 3.63) is 53.6 Å². The Morgan fingerprint density at radius 1 is 1.17 bits per heavy atom. The second-order valence-electron chi connectivity index (χ2n) is 4.66. The van der Waals surface area contributed by atoms with E-state index in [0.717, 1.165) is 4.90 Å². The lowest BCUT2D eigenvalue weighted by atomic mass is 10.3. The zero-order chi connectivity index (χ0) is 17.4. The molecule has 1 amide bonds. The first-order valence-corrected chi connectivity index (χ1v) is 8.41. The van der Waals surface area contributed by atoms with Gasteiger partial charge in [0.1, 0.15) is 5.75 Å². The number of amides is 1. The quantitative estimate of drug-likeness (QED) is 0.599. The van der Waals surface area contributed by atoms with Gasteiger partial charge in [-0.2, -0.15) is 0 Å². The van der Waals surface area contributed by atoms with Crippen molar-refractivity contribution in [2.24, 2.45) is 0 Å². The van der Waals surface area contributed by atoms with Gasteiger partial charge in [-0.1, -0.05) is 29.8 Å². The number of rotatable bonds is 7. The molecule has 2 aromatic carbocycles. The molecular weight excluding hydrogens is 350 g/mol. The lowest BCUT2D eigenvalue weighted by Crippen LogP contribution is -2.21. The topological polar surface area (TPSA) is 64.6 Å². The van der Waals surface area contributed by atoms with Gasteiger partial charge in [0.2, 0.25) is 0 Å². The molecule has 0 unspecified atom stereocenters. The van der Waals surface area contributed by atoms with Gasteiger partial charge in [-0.3, -0.25) is 9.59 Å². The predicted octanol–water partition coefficient (Wildman–Crippen LogP) is 3.62. The van der Waals surface area contributed by atoms with Crippen LogP contribution in [0.2, 0.25) is 5.02 Å². The number of esters is 1. The lowest BCUT2D eigenvalue weighted by Gasteiger charge is -2.08. The third-order valence-electron chi connectivity index (χ3n) is 2.90. The predicted molar refractivity (Wildman–Crippen MR) is 94.8 cm³/mol. The second-order valence-corrected chi connectivity index (χ2v) is 6.12. The van der Waals surface area contributed by atoms with Crippen molar-refractivity contribution >= 4 is 40.9 Å². The molecule has 0 heterocycles. The highest BCUT2D eigenvalue weighted by Crippen LogP contribution is 2.27. The minimum atomic E-state index is -0.452. The molecular formula is C17H16ClNO4S. The Bertz CT molecular complexity index is 709. The summed E-state index contributed by atoms with van der Waals surface area (Å²) in [7, 11) is 1.51. The molecule has 0 radical (unpaired) electrons. The van der Waals surface area contributed by atoms with Gasteiger partial charge in [0.05, 0.1) is 17.9 Å². The summed E-state index contributed by atoms with van der Waals surface area (Å²) in [5.74, 6) is -0.230. The van der Waals surface area contributed by atoms with E-state index in [4.69, 9.17) is 21.1 Å². The van der Waals surface area contributed by atoms with Crippen LogP contribution in [0.25, 0.3) is 0 Å². The van der Waals surface area contributed by atoms with Gasteiger partial charge in [-0.05, 0) is 30.3 Å². The lowest BCUT2D eigenvalue weighted by molar-refractivity contribution is -0.144. The first-order valence-electron chi connectivity index (χ1n) is 7.05. The second kappa shape index (κ2) is 9.20. The van der Waals surface area contributed by atoms with Gasteiger partial charge in [-0.15, -0.1) is 11.8 Å². The van der Waals surface area contributed by atoms with Crippen molar-refractivity contribution in [1.82, 2.24) is 0 Å². The van der Waals surface area contributed by atoms with Crippen molar-refractivity contribution < 1.29 is 19.1 Å². The molecule has 1 N–H and O–H groups in total. The largest absolute Gasteiger partial charge is 0.495 e. The standard InChI is InChI=1S/C17H16ClNO4S/c1-22-15-8-7-12(9-14(15)18)19-16(20)10-23-17(21)11-24-13-5-3-2-4-6-13/h2-9H,10-11H2,1H3,(H,19,20). The number of halogens is 1. The SMILES string of the molecule is COc1ccc(NC(=O)COC(=O)CSc2ccccc2)cc1Cl. The van der Waals surface area contributed by atoms with Crippen LogP contribution in [0.15, 0.2) is 53.4 Å². The van der Waals surface area contributed by atoms with E-state index in [0.29, 0.717) is 16.5 Å². The van der Waals surface area contributed by atoms with Gasteiger partial charge in [0.25, 0.3) is 5.91 Å². The molecule has 0 fully saturated rings. The summed E-state index contributed by atoms with van der Waals surface area (Å²) in [4.78, 5) is 24.4. The molecule has 0 aliphatic heterocycles. The number of carbonyl (C=O) groups excluding carboxylic acids is 2. The van der Waals surface area contributed by atoms with Crippen LogP contribution in [-0.4, -0.2) is 31.3 Å². The first kappa shape index (κ1) is 18.2. The smallest absolute Gasteiger partial charge is 0.316 e. The normalized spacial score (nSPS) is 10.1. The van der Waals surface area contributed by atoms with Crippen molar-refractivity contribution in [3.63, 3.8) is 0 Å². The Kier molecular flexibility index (Phi) is 6.96. The third kappa shape index (κ3) is 5.79. The molecule has 0 spiro atoms. The molecule has 0 atom stereocenters. The molecule has 0 saturated carbocycles.